The van der Waals surface area contributed by atoms with Crippen LogP contribution in [0, 0.1) is 5.92 Å². The van der Waals surface area contributed by atoms with Gasteiger partial charge in [-0.25, -0.2) is 4.79 Å². The molecule has 0 saturated carbocycles. The van der Waals surface area contributed by atoms with Crippen molar-refractivity contribution in [3.63, 3.8) is 0 Å². The first-order valence-corrected chi connectivity index (χ1v) is 9.38. The van der Waals surface area contributed by atoms with Crippen molar-refractivity contribution in [3.05, 3.63) is 31.1 Å². The molecular formula is C15H19Br3NO2+. The third kappa shape index (κ3) is 4.30. The summed E-state index contributed by atoms with van der Waals surface area (Å²) in [5, 5.41) is 2.32. The van der Waals surface area contributed by atoms with Crippen LogP contribution in [0.5, 0.6) is 0 Å². The van der Waals surface area contributed by atoms with Crippen molar-refractivity contribution >= 4 is 53.8 Å². The van der Waals surface area contributed by atoms with Crippen LogP contribution in [0.1, 0.15) is 37.0 Å². The van der Waals surface area contributed by atoms with E-state index in [1.807, 2.05) is 26.0 Å². The Kier molecular flexibility index (Phi) is 5.91. The van der Waals surface area contributed by atoms with E-state index < -0.39 is 5.60 Å². The molecule has 2 rings (SSSR count). The Bertz CT molecular complexity index is 517. The maximum Gasteiger partial charge on any atom is 0.340 e. The molecule has 1 aromatic carbocycles. The summed E-state index contributed by atoms with van der Waals surface area (Å²) in [5.41, 5.74) is 0.0887. The average molecular weight is 485 g/mol. The maximum atomic E-state index is 12.6. The first-order valence-electron chi connectivity index (χ1n) is 7.01. The molecule has 1 fully saturated rings. The van der Waals surface area contributed by atoms with E-state index in [-0.39, 0.29) is 5.97 Å². The van der Waals surface area contributed by atoms with Gasteiger partial charge in [0.05, 0.1) is 18.7 Å². The van der Waals surface area contributed by atoms with Gasteiger partial charge in [0.25, 0.3) is 0 Å². The van der Waals surface area contributed by atoms with Crippen LogP contribution in [0.4, 0.5) is 0 Å². The molecule has 1 aliphatic heterocycles. The number of ether oxygens (including phenoxy) is 1. The Morgan fingerprint density at radius 1 is 1.19 bits per heavy atom. The first kappa shape index (κ1) is 17.4. The molecule has 1 heterocycles. The number of carbonyl (C=O) groups excluding carboxylic acids is 1. The van der Waals surface area contributed by atoms with E-state index in [4.69, 9.17) is 4.74 Å². The van der Waals surface area contributed by atoms with Crippen molar-refractivity contribution in [2.45, 2.75) is 32.3 Å². The zero-order chi connectivity index (χ0) is 15.6. The molecule has 0 bridgehead atoms. The largest absolute Gasteiger partial charge is 0.456 e. The predicted octanol–water partition coefficient (Wildman–Crippen LogP) is 3.88. The topological polar surface area (TPSA) is 42.9 Å². The van der Waals surface area contributed by atoms with Crippen molar-refractivity contribution < 1.29 is 14.8 Å². The van der Waals surface area contributed by atoms with E-state index in [0.717, 1.165) is 39.3 Å². The van der Waals surface area contributed by atoms with Crippen molar-refractivity contribution in [2.24, 2.45) is 5.92 Å². The summed E-state index contributed by atoms with van der Waals surface area (Å²) in [6.45, 7) is 6.25. The number of hydrogen-bond donors (Lipinski definition) is 1. The fraction of sp³-hybridized carbons (Fsp3) is 0.533. The second-order valence-corrected chi connectivity index (χ2v) is 8.50. The van der Waals surface area contributed by atoms with Crippen molar-refractivity contribution in [1.82, 2.24) is 0 Å². The highest BCUT2D eigenvalue weighted by Gasteiger charge is 2.36. The summed E-state index contributed by atoms with van der Waals surface area (Å²) in [5.74, 6) is 0.125. The molecule has 0 unspecified atom stereocenters. The summed E-state index contributed by atoms with van der Waals surface area (Å²) in [7, 11) is 0. The van der Waals surface area contributed by atoms with Crippen molar-refractivity contribution in [1.29, 1.82) is 0 Å². The second kappa shape index (κ2) is 7.11. The number of rotatable bonds is 3. The Morgan fingerprint density at radius 3 is 2.24 bits per heavy atom. The Morgan fingerprint density at radius 2 is 1.71 bits per heavy atom. The molecule has 0 aromatic heterocycles. The van der Waals surface area contributed by atoms with Gasteiger partial charge in [-0.15, -0.1) is 0 Å². The van der Waals surface area contributed by atoms with Crippen LogP contribution in [0.15, 0.2) is 25.6 Å². The zero-order valence-electron chi connectivity index (χ0n) is 12.1. The lowest BCUT2D eigenvalue weighted by atomic mass is 9.83. The summed E-state index contributed by atoms with van der Waals surface area (Å²) < 4.78 is 8.19. The molecule has 21 heavy (non-hydrogen) atoms. The van der Waals surface area contributed by atoms with Gasteiger partial charge in [-0.2, -0.15) is 0 Å². The van der Waals surface area contributed by atoms with E-state index >= 15 is 0 Å². The summed E-state index contributed by atoms with van der Waals surface area (Å²) >= 11 is 10.3. The number of piperidine rings is 1. The summed E-state index contributed by atoms with van der Waals surface area (Å²) in [6.07, 6.45) is 2.17. The van der Waals surface area contributed by atoms with Crippen LogP contribution in [-0.2, 0) is 4.74 Å². The van der Waals surface area contributed by atoms with Gasteiger partial charge in [0.2, 0.25) is 0 Å². The normalized spacial score (nSPS) is 16.8. The number of esters is 1. The van der Waals surface area contributed by atoms with Gasteiger partial charge >= 0.3 is 5.97 Å². The van der Waals surface area contributed by atoms with Gasteiger partial charge < -0.3 is 10.1 Å². The second-order valence-electron chi connectivity index (χ2n) is 5.88. The van der Waals surface area contributed by atoms with E-state index in [1.54, 1.807) is 0 Å². The highest BCUT2D eigenvalue weighted by atomic mass is 79.9. The molecule has 116 valence electrons. The van der Waals surface area contributed by atoms with Gasteiger partial charge in [-0.3, -0.25) is 0 Å². The standard InChI is InChI=1S/C15H18Br3NO2/c1-15(2,9-3-5-19-6-4-9)21-14(20)13-11(17)7-10(16)8-12(13)18/h7-9,19H,3-6H2,1-2H3/p+1. The number of benzene rings is 1. The van der Waals surface area contributed by atoms with Gasteiger partial charge in [-0.05, 0) is 57.8 Å². The minimum atomic E-state index is -0.447. The quantitative estimate of drug-likeness (QED) is 0.661. The maximum absolute atomic E-state index is 12.6. The highest BCUT2D eigenvalue weighted by Crippen LogP contribution is 2.34. The van der Waals surface area contributed by atoms with Gasteiger partial charge in [0, 0.05) is 32.2 Å². The fourth-order valence-electron chi connectivity index (χ4n) is 2.73. The van der Waals surface area contributed by atoms with Crippen LogP contribution in [0.3, 0.4) is 0 Å². The monoisotopic (exact) mass is 482 g/mol. The molecule has 6 heteroatoms. The van der Waals surface area contributed by atoms with Gasteiger partial charge in [-0.1, -0.05) is 15.9 Å². The number of hydrogen-bond acceptors (Lipinski definition) is 2. The van der Waals surface area contributed by atoms with E-state index in [9.17, 15) is 4.79 Å². The Hall–Kier alpha value is 0.0900. The van der Waals surface area contributed by atoms with E-state index in [1.165, 1.54) is 0 Å². The van der Waals surface area contributed by atoms with Crippen LogP contribution in [0.2, 0.25) is 0 Å². The number of nitrogens with two attached hydrogens (primary N) is 1. The highest BCUT2D eigenvalue weighted by molar-refractivity contribution is 9.11. The van der Waals surface area contributed by atoms with Crippen LogP contribution >= 0.6 is 47.8 Å². The summed E-state index contributed by atoms with van der Waals surface area (Å²) in [6, 6.07) is 3.70. The number of quaternary nitrogens is 1. The molecule has 0 amide bonds. The molecule has 0 atom stereocenters. The Balaban J connectivity index is 2.17. The van der Waals surface area contributed by atoms with Crippen LogP contribution < -0.4 is 5.32 Å². The molecule has 1 aromatic rings. The lowest BCUT2D eigenvalue weighted by molar-refractivity contribution is -0.665. The van der Waals surface area contributed by atoms with Crippen molar-refractivity contribution in [3.8, 4) is 0 Å². The molecular weight excluding hydrogens is 466 g/mol. The average Bonchev–Trinajstić information content (AvgIpc) is 2.37. The molecule has 2 N–H and O–H groups in total. The molecule has 0 radical (unpaired) electrons. The molecule has 1 aliphatic rings. The predicted molar refractivity (Wildman–Crippen MR) is 93.4 cm³/mol. The third-order valence-corrected chi connectivity index (χ3v) is 5.70. The summed E-state index contributed by atoms with van der Waals surface area (Å²) in [4.78, 5) is 12.6. The van der Waals surface area contributed by atoms with Crippen LogP contribution in [0.25, 0.3) is 0 Å². The smallest absolute Gasteiger partial charge is 0.340 e. The molecule has 0 spiro atoms. The number of halogens is 3. The van der Waals surface area contributed by atoms with Gasteiger partial charge in [0.1, 0.15) is 5.60 Å². The van der Waals surface area contributed by atoms with E-state index in [0.29, 0.717) is 11.5 Å². The lowest BCUT2D eigenvalue weighted by Gasteiger charge is -2.35. The van der Waals surface area contributed by atoms with Crippen LogP contribution in [-0.4, -0.2) is 24.7 Å². The Labute approximate surface area is 150 Å². The fourth-order valence-corrected chi connectivity index (χ4v) is 5.31. The van der Waals surface area contributed by atoms with Gasteiger partial charge in [0.15, 0.2) is 0 Å². The number of carbonyl (C=O) groups is 1. The minimum Gasteiger partial charge on any atom is -0.456 e. The third-order valence-electron chi connectivity index (χ3n) is 3.99. The molecule has 1 saturated heterocycles. The molecule has 0 aliphatic carbocycles. The minimum absolute atomic E-state index is 0.291. The SMILES string of the molecule is CC(C)(OC(=O)c1c(Br)cc(Br)cc1Br)C1CC[NH2+]CC1. The zero-order valence-corrected chi connectivity index (χ0v) is 16.8. The lowest BCUT2D eigenvalue weighted by Crippen LogP contribution is -2.86. The van der Waals surface area contributed by atoms with Crippen molar-refractivity contribution in [2.75, 3.05) is 13.1 Å². The molecule has 3 nitrogen and oxygen atoms in total. The van der Waals surface area contributed by atoms with E-state index in [2.05, 4.69) is 53.1 Å². The first-order chi connectivity index (χ1) is 9.81.